The van der Waals surface area contributed by atoms with Crippen LogP contribution in [-0.4, -0.2) is 35.9 Å². The van der Waals surface area contributed by atoms with Crippen molar-refractivity contribution in [3.05, 3.63) is 98.0 Å². The molecule has 0 aliphatic carbocycles. The number of ether oxygens (including phenoxy) is 1. The molecule has 184 valence electrons. The molecule has 0 aliphatic heterocycles. The van der Waals surface area contributed by atoms with Gasteiger partial charge in [-0.15, -0.1) is 0 Å². The van der Waals surface area contributed by atoms with Crippen LogP contribution < -0.4 is 10.1 Å². The summed E-state index contributed by atoms with van der Waals surface area (Å²) in [5.41, 5.74) is 1.92. The second-order valence-electron chi connectivity index (χ2n) is 8.74. The summed E-state index contributed by atoms with van der Waals surface area (Å²) in [6, 6.07) is 24.4. The first kappa shape index (κ1) is 27.2. The Balaban J connectivity index is 1.89. The maximum absolute atomic E-state index is 13.6. The summed E-state index contributed by atoms with van der Waals surface area (Å²) < 4.78 is 7.81. The zero-order valence-electron chi connectivity index (χ0n) is 19.9. The van der Waals surface area contributed by atoms with Gasteiger partial charge in [0, 0.05) is 27.6 Å². The zero-order valence-corrected chi connectivity index (χ0v) is 23.7. The summed E-state index contributed by atoms with van der Waals surface area (Å²) in [6.45, 7) is 4.78. The fourth-order valence-electron chi connectivity index (χ4n) is 3.57. The minimum absolute atomic E-state index is 0.155. The van der Waals surface area contributed by atoms with E-state index in [1.54, 1.807) is 4.90 Å². The summed E-state index contributed by atoms with van der Waals surface area (Å²) >= 11 is 5.73. The number of hydrogen-bond donors (Lipinski definition) is 1. The molecule has 0 saturated carbocycles. The molecular formula is C28H30BrIN2O3. The predicted octanol–water partition coefficient (Wildman–Crippen LogP) is 5.84. The van der Waals surface area contributed by atoms with Crippen LogP contribution in [0.5, 0.6) is 5.75 Å². The SMILES string of the molecule is CC(C)CNC(=O)[C@H](Cc1ccccc1)N(Cc1cccc(Br)c1)C(=O)COc1ccc(I)cc1. The van der Waals surface area contributed by atoms with Crippen molar-refractivity contribution in [2.45, 2.75) is 32.9 Å². The van der Waals surface area contributed by atoms with Gasteiger partial charge in [-0.1, -0.05) is 72.2 Å². The van der Waals surface area contributed by atoms with E-state index in [9.17, 15) is 9.59 Å². The molecule has 3 rings (SSSR count). The van der Waals surface area contributed by atoms with E-state index in [0.717, 1.165) is 19.2 Å². The third-order valence-corrected chi connectivity index (χ3v) is 6.59. The topological polar surface area (TPSA) is 58.6 Å². The average molecular weight is 649 g/mol. The Kier molecular flexibility index (Phi) is 10.6. The first-order valence-corrected chi connectivity index (χ1v) is 13.4. The highest BCUT2D eigenvalue weighted by Gasteiger charge is 2.30. The number of benzene rings is 3. The Labute approximate surface area is 229 Å². The number of nitrogens with zero attached hydrogens (tertiary/aromatic N) is 1. The predicted molar refractivity (Wildman–Crippen MR) is 151 cm³/mol. The maximum Gasteiger partial charge on any atom is 0.261 e. The van der Waals surface area contributed by atoms with E-state index in [-0.39, 0.29) is 18.4 Å². The Morgan fingerprint density at radius 2 is 1.66 bits per heavy atom. The smallest absolute Gasteiger partial charge is 0.261 e. The van der Waals surface area contributed by atoms with Crippen LogP contribution in [0.4, 0.5) is 0 Å². The van der Waals surface area contributed by atoms with Crippen LogP contribution in [0.1, 0.15) is 25.0 Å². The molecule has 0 heterocycles. The lowest BCUT2D eigenvalue weighted by Crippen LogP contribution is -2.52. The number of rotatable bonds is 11. The first-order chi connectivity index (χ1) is 16.8. The maximum atomic E-state index is 13.6. The van der Waals surface area contributed by atoms with Crippen molar-refractivity contribution in [2.24, 2.45) is 5.92 Å². The molecule has 0 aromatic heterocycles. The Hall–Kier alpha value is -2.39. The molecule has 0 aliphatic rings. The molecule has 3 aromatic carbocycles. The number of carbonyl (C=O) groups is 2. The van der Waals surface area contributed by atoms with E-state index in [4.69, 9.17) is 4.74 Å². The average Bonchev–Trinajstić information content (AvgIpc) is 2.85. The van der Waals surface area contributed by atoms with Gasteiger partial charge in [-0.25, -0.2) is 0 Å². The van der Waals surface area contributed by atoms with Crippen molar-refractivity contribution in [2.75, 3.05) is 13.2 Å². The number of nitrogens with one attached hydrogen (secondary N) is 1. The van der Waals surface area contributed by atoms with Crippen LogP contribution in [0.3, 0.4) is 0 Å². The lowest BCUT2D eigenvalue weighted by molar-refractivity contribution is -0.142. The van der Waals surface area contributed by atoms with Gasteiger partial charge in [0.2, 0.25) is 5.91 Å². The highest BCUT2D eigenvalue weighted by Crippen LogP contribution is 2.19. The highest BCUT2D eigenvalue weighted by molar-refractivity contribution is 14.1. The Morgan fingerprint density at radius 1 is 0.971 bits per heavy atom. The summed E-state index contributed by atoms with van der Waals surface area (Å²) in [5, 5.41) is 3.03. The van der Waals surface area contributed by atoms with Crippen LogP contribution in [0, 0.1) is 9.49 Å². The molecule has 0 bridgehead atoms. The lowest BCUT2D eigenvalue weighted by Gasteiger charge is -2.31. The third kappa shape index (κ3) is 8.96. The molecule has 0 fully saturated rings. The molecule has 1 N–H and O–H groups in total. The van der Waals surface area contributed by atoms with E-state index >= 15 is 0 Å². The highest BCUT2D eigenvalue weighted by atomic mass is 127. The van der Waals surface area contributed by atoms with Gasteiger partial charge in [0.05, 0.1) is 0 Å². The fourth-order valence-corrected chi connectivity index (χ4v) is 4.37. The number of halogens is 2. The van der Waals surface area contributed by atoms with Gasteiger partial charge in [-0.2, -0.15) is 0 Å². The molecule has 0 radical (unpaired) electrons. The van der Waals surface area contributed by atoms with Gasteiger partial charge in [-0.3, -0.25) is 9.59 Å². The standard InChI is InChI=1S/C28H30BrIN2O3/c1-20(2)17-31-28(34)26(16-21-7-4-3-5-8-21)32(18-22-9-6-10-23(29)15-22)27(33)19-35-25-13-11-24(30)12-14-25/h3-15,20,26H,16-19H2,1-2H3,(H,31,34)/t26-/m0/s1. The van der Waals surface area contributed by atoms with Crippen molar-refractivity contribution in [1.82, 2.24) is 10.2 Å². The third-order valence-electron chi connectivity index (χ3n) is 5.37. The normalized spacial score (nSPS) is 11.7. The van der Waals surface area contributed by atoms with Crippen LogP contribution in [-0.2, 0) is 22.6 Å². The van der Waals surface area contributed by atoms with Crippen molar-refractivity contribution in [3.8, 4) is 5.75 Å². The summed E-state index contributed by atoms with van der Waals surface area (Å²) in [6.07, 6.45) is 0.411. The number of hydrogen-bond acceptors (Lipinski definition) is 3. The van der Waals surface area contributed by atoms with E-state index in [1.165, 1.54) is 0 Å². The molecule has 35 heavy (non-hydrogen) atoms. The number of carbonyl (C=O) groups excluding carboxylic acids is 2. The van der Waals surface area contributed by atoms with Crippen molar-refractivity contribution >= 4 is 50.3 Å². The lowest BCUT2D eigenvalue weighted by atomic mass is 10.0. The van der Waals surface area contributed by atoms with Gasteiger partial charge in [0.25, 0.3) is 5.91 Å². The molecular weight excluding hydrogens is 619 g/mol. The van der Waals surface area contributed by atoms with Crippen LogP contribution in [0.15, 0.2) is 83.3 Å². The molecule has 0 saturated heterocycles. The summed E-state index contributed by atoms with van der Waals surface area (Å²) in [5.74, 6) is 0.504. The molecule has 0 unspecified atom stereocenters. The van der Waals surface area contributed by atoms with E-state index in [0.29, 0.717) is 31.2 Å². The molecule has 2 amide bonds. The molecule has 7 heteroatoms. The Bertz CT molecular complexity index is 1110. The first-order valence-electron chi connectivity index (χ1n) is 11.6. The monoisotopic (exact) mass is 648 g/mol. The van der Waals surface area contributed by atoms with Gasteiger partial charge in [0.1, 0.15) is 11.8 Å². The minimum Gasteiger partial charge on any atom is -0.484 e. The van der Waals surface area contributed by atoms with Gasteiger partial charge in [0.15, 0.2) is 6.61 Å². The molecule has 1 atom stereocenters. The second kappa shape index (κ2) is 13.6. The number of amides is 2. The van der Waals surface area contributed by atoms with Crippen molar-refractivity contribution < 1.29 is 14.3 Å². The fraction of sp³-hybridized carbons (Fsp3) is 0.286. The largest absolute Gasteiger partial charge is 0.484 e. The quantitative estimate of drug-likeness (QED) is 0.266. The second-order valence-corrected chi connectivity index (χ2v) is 10.9. The Morgan fingerprint density at radius 3 is 2.31 bits per heavy atom. The van der Waals surface area contributed by atoms with Crippen LogP contribution in [0.25, 0.3) is 0 Å². The van der Waals surface area contributed by atoms with Crippen LogP contribution >= 0.6 is 38.5 Å². The van der Waals surface area contributed by atoms with E-state index in [2.05, 4.69) is 43.8 Å². The summed E-state index contributed by atoms with van der Waals surface area (Å²) in [4.78, 5) is 28.6. The van der Waals surface area contributed by atoms with E-state index < -0.39 is 6.04 Å². The minimum atomic E-state index is -0.678. The van der Waals surface area contributed by atoms with Gasteiger partial charge in [-0.05, 0) is 76.0 Å². The van der Waals surface area contributed by atoms with Crippen molar-refractivity contribution in [3.63, 3.8) is 0 Å². The zero-order chi connectivity index (χ0) is 25.2. The molecule has 0 spiro atoms. The molecule has 3 aromatic rings. The van der Waals surface area contributed by atoms with E-state index in [1.807, 2.05) is 92.7 Å². The van der Waals surface area contributed by atoms with Crippen molar-refractivity contribution in [1.29, 1.82) is 0 Å². The summed E-state index contributed by atoms with van der Waals surface area (Å²) in [7, 11) is 0. The van der Waals surface area contributed by atoms with Crippen LogP contribution in [0.2, 0.25) is 0 Å². The van der Waals surface area contributed by atoms with Gasteiger partial charge < -0.3 is 15.0 Å². The molecule has 5 nitrogen and oxygen atoms in total. The van der Waals surface area contributed by atoms with Gasteiger partial charge >= 0.3 is 0 Å².